The molecule has 0 fully saturated rings. The van der Waals surface area contributed by atoms with Crippen LogP contribution in [-0.2, 0) is 4.84 Å². The quantitative estimate of drug-likeness (QED) is 0.473. The minimum absolute atomic E-state index is 0.278. The van der Waals surface area contributed by atoms with Gasteiger partial charge in [-0.05, 0) is 6.42 Å². The fourth-order valence-corrected chi connectivity index (χ4v) is 1.40. The standard InChI is InChI=1S/C5H14NO3P/c1-4-5(10(7)8)6(2)9-3/h5,7-8H,4H2,1-3H3. The molecule has 0 radical (unpaired) electrons. The summed E-state index contributed by atoms with van der Waals surface area (Å²) in [6.45, 7) is 1.88. The second-order valence-electron chi connectivity index (χ2n) is 1.94. The van der Waals surface area contributed by atoms with Gasteiger partial charge in [0, 0.05) is 7.05 Å². The van der Waals surface area contributed by atoms with Gasteiger partial charge < -0.3 is 14.6 Å². The zero-order chi connectivity index (χ0) is 8.15. The Balaban J connectivity index is 3.80. The third kappa shape index (κ3) is 2.90. The van der Waals surface area contributed by atoms with Gasteiger partial charge >= 0.3 is 0 Å². The van der Waals surface area contributed by atoms with Gasteiger partial charge in [0.25, 0.3) is 0 Å². The van der Waals surface area contributed by atoms with Gasteiger partial charge in [0.05, 0.1) is 7.11 Å². The molecule has 0 saturated heterocycles. The Hall–Kier alpha value is 0.270. The van der Waals surface area contributed by atoms with E-state index in [1.807, 2.05) is 6.92 Å². The van der Waals surface area contributed by atoms with Gasteiger partial charge in [0.15, 0.2) is 8.38 Å². The molecule has 1 unspecified atom stereocenters. The second kappa shape index (κ2) is 4.99. The van der Waals surface area contributed by atoms with E-state index >= 15 is 0 Å². The van der Waals surface area contributed by atoms with Gasteiger partial charge in [-0.2, -0.15) is 5.06 Å². The van der Waals surface area contributed by atoms with Crippen LogP contribution >= 0.6 is 8.38 Å². The van der Waals surface area contributed by atoms with E-state index < -0.39 is 8.38 Å². The first kappa shape index (κ1) is 10.3. The monoisotopic (exact) mass is 167 g/mol. The van der Waals surface area contributed by atoms with Crippen LogP contribution in [0, 0.1) is 0 Å². The molecule has 2 N–H and O–H groups in total. The number of rotatable bonds is 4. The smallest absolute Gasteiger partial charge is 0.185 e. The van der Waals surface area contributed by atoms with E-state index in [0.717, 1.165) is 0 Å². The van der Waals surface area contributed by atoms with Crippen LogP contribution in [0.2, 0.25) is 0 Å². The molecule has 0 rings (SSSR count). The van der Waals surface area contributed by atoms with Gasteiger partial charge in [-0.1, -0.05) is 6.92 Å². The lowest BCUT2D eigenvalue weighted by Gasteiger charge is -2.24. The summed E-state index contributed by atoms with van der Waals surface area (Å²) in [4.78, 5) is 22.4. The summed E-state index contributed by atoms with van der Waals surface area (Å²) in [5, 5.41) is 1.45. The van der Waals surface area contributed by atoms with Crippen LogP contribution in [0.3, 0.4) is 0 Å². The van der Waals surface area contributed by atoms with Crippen molar-refractivity contribution in [2.45, 2.75) is 19.1 Å². The molecule has 0 aromatic rings. The highest BCUT2D eigenvalue weighted by molar-refractivity contribution is 7.45. The molecule has 0 aliphatic rings. The highest BCUT2D eigenvalue weighted by Crippen LogP contribution is 2.34. The molecule has 0 spiro atoms. The molecule has 62 valence electrons. The zero-order valence-electron chi connectivity index (χ0n) is 6.48. The van der Waals surface area contributed by atoms with Crippen molar-refractivity contribution < 1.29 is 14.6 Å². The number of hydroxylamine groups is 2. The molecule has 0 bridgehead atoms. The van der Waals surface area contributed by atoms with Gasteiger partial charge in [-0.25, -0.2) is 0 Å². The molecule has 0 aromatic carbocycles. The van der Waals surface area contributed by atoms with Crippen molar-refractivity contribution >= 4 is 8.38 Å². The molecule has 4 nitrogen and oxygen atoms in total. The molecule has 5 heteroatoms. The average molecular weight is 167 g/mol. The summed E-state index contributed by atoms with van der Waals surface area (Å²) in [7, 11) is 1.27. The van der Waals surface area contributed by atoms with E-state index in [1.54, 1.807) is 7.05 Å². The Morgan fingerprint density at radius 1 is 1.60 bits per heavy atom. The molecule has 0 amide bonds. The van der Waals surface area contributed by atoms with Crippen molar-refractivity contribution in [1.29, 1.82) is 0 Å². The maximum absolute atomic E-state index is 8.81. The normalized spacial score (nSPS) is 14.7. The molecular weight excluding hydrogens is 153 g/mol. The van der Waals surface area contributed by atoms with Crippen molar-refractivity contribution in [2.24, 2.45) is 0 Å². The number of hydrogen-bond donors (Lipinski definition) is 2. The molecule has 0 aliphatic carbocycles. The highest BCUT2D eigenvalue weighted by Gasteiger charge is 2.20. The molecular formula is C5H14NO3P. The number of hydrogen-bond acceptors (Lipinski definition) is 4. The van der Waals surface area contributed by atoms with Gasteiger partial charge in [0.1, 0.15) is 5.78 Å². The summed E-state index contributed by atoms with van der Waals surface area (Å²) >= 11 is 0. The Morgan fingerprint density at radius 2 is 2.10 bits per heavy atom. The van der Waals surface area contributed by atoms with Crippen LogP contribution in [0.4, 0.5) is 0 Å². The Bertz CT molecular complexity index is 91.0. The predicted molar refractivity (Wildman–Crippen MR) is 40.2 cm³/mol. The zero-order valence-corrected chi connectivity index (χ0v) is 7.38. The van der Waals surface area contributed by atoms with E-state index in [1.165, 1.54) is 12.2 Å². The molecule has 10 heavy (non-hydrogen) atoms. The minimum atomic E-state index is -1.91. The Labute approximate surface area is 62.3 Å². The average Bonchev–Trinajstić information content (AvgIpc) is 1.88. The first-order valence-electron chi connectivity index (χ1n) is 3.07. The Kier molecular flexibility index (Phi) is 5.13. The van der Waals surface area contributed by atoms with Gasteiger partial charge in [0.2, 0.25) is 0 Å². The van der Waals surface area contributed by atoms with Crippen molar-refractivity contribution in [3.05, 3.63) is 0 Å². The van der Waals surface area contributed by atoms with Crippen LogP contribution in [-0.4, -0.2) is 34.8 Å². The van der Waals surface area contributed by atoms with Crippen molar-refractivity contribution in [2.75, 3.05) is 14.2 Å². The summed E-state index contributed by atoms with van der Waals surface area (Å²) in [5.74, 6) is -0.278. The van der Waals surface area contributed by atoms with Crippen molar-refractivity contribution in [3.63, 3.8) is 0 Å². The van der Waals surface area contributed by atoms with E-state index in [2.05, 4.69) is 0 Å². The van der Waals surface area contributed by atoms with Crippen LogP contribution in [0.25, 0.3) is 0 Å². The predicted octanol–water partition coefficient (Wildman–Crippen LogP) is 0.512. The summed E-state index contributed by atoms with van der Waals surface area (Å²) < 4.78 is 0. The first-order valence-corrected chi connectivity index (χ1v) is 4.39. The van der Waals surface area contributed by atoms with Crippen LogP contribution in [0.15, 0.2) is 0 Å². The summed E-state index contributed by atoms with van der Waals surface area (Å²) in [5.41, 5.74) is 0. The first-order chi connectivity index (χ1) is 4.63. The van der Waals surface area contributed by atoms with E-state index in [0.29, 0.717) is 6.42 Å². The third-order valence-corrected chi connectivity index (χ3v) is 2.56. The molecule has 1 atom stereocenters. The fourth-order valence-electron chi connectivity index (χ4n) is 0.688. The Morgan fingerprint density at radius 3 is 2.20 bits per heavy atom. The molecule has 0 heterocycles. The second-order valence-corrected chi connectivity index (χ2v) is 3.17. The lowest BCUT2D eigenvalue weighted by molar-refractivity contribution is -0.123. The maximum atomic E-state index is 8.81. The van der Waals surface area contributed by atoms with Crippen molar-refractivity contribution in [3.8, 4) is 0 Å². The molecule has 0 saturated carbocycles. The maximum Gasteiger partial charge on any atom is 0.185 e. The van der Waals surface area contributed by atoms with E-state index in [-0.39, 0.29) is 5.78 Å². The van der Waals surface area contributed by atoms with E-state index in [4.69, 9.17) is 14.6 Å². The highest BCUT2D eigenvalue weighted by atomic mass is 31.2. The van der Waals surface area contributed by atoms with E-state index in [9.17, 15) is 0 Å². The van der Waals surface area contributed by atoms with Gasteiger partial charge in [-0.15, -0.1) is 0 Å². The lowest BCUT2D eigenvalue weighted by atomic mass is 10.5. The topological polar surface area (TPSA) is 52.9 Å². The van der Waals surface area contributed by atoms with Crippen LogP contribution in [0.5, 0.6) is 0 Å². The minimum Gasteiger partial charge on any atom is -0.349 e. The van der Waals surface area contributed by atoms with Crippen LogP contribution in [0.1, 0.15) is 13.3 Å². The van der Waals surface area contributed by atoms with Crippen LogP contribution < -0.4 is 0 Å². The summed E-state index contributed by atoms with van der Waals surface area (Å²) in [6.07, 6.45) is 0.670. The molecule has 0 aliphatic heterocycles. The molecule has 0 aromatic heterocycles. The summed E-state index contributed by atoms with van der Waals surface area (Å²) in [6, 6.07) is 0. The SMILES string of the molecule is CCC(N(C)OC)P(O)O. The van der Waals surface area contributed by atoms with Gasteiger partial charge in [-0.3, -0.25) is 0 Å². The largest absolute Gasteiger partial charge is 0.349 e. The third-order valence-electron chi connectivity index (χ3n) is 1.34. The lowest BCUT2D eigenvalue weighted by Crippen LogP contribution is -2.28. The van der Waals surface area contributed by atoms with Crippen molar-refractivity contribution in [1.82, 2.24) is 5.06 Å². The number of nitrogens with zero attached hydrogens (tertiary/aromatic N) is 1. The fraction of sp³-hybridized carbons (Fsp3) is 1.00.